The molecule has 14 rings (SSSR count). The normalized spacial score (nSPS) is 12.3. The van der Waals surface area contributed by atoms with E-state index >= 15 is 0 Å². The van der Waals surface area contributed by atoms with Crippen molar-refractivity contribution in [3.63, 3.8) is 0 Å². The highest BCUT2D eigenvalue weighted by Gasteiger charge is 2.25. The summed E-state index contributed by atoms with van der Waals surface area (Å²) >= 11 is 0. The minimum atomic E-state index is 0.654. The van der Waals surface area contributed by atoms with Crippen LogP contribution in [0.15, 0.2) is 199 Å². The average Bonchev–Trinajstić information content (AvgIpc) is 4.06. The fraction of sp³-hybridized carbons (Fsp3) is 0. The summed E-state index contributed by atoms with van der Waals surface area (Å²) in [6.45, 7) is 0. The molecule has 0 saturated carbocycles. The SMILES string of the molecule is c1ccc(-c2ccc(-c3nc(-c4ccc(-n5c6ccccc6c6cc7c8cc9ccccc9cc8n8c9ccccc9c(c65)c78)cc4)nc4c3oc3ccccc34)cc2)cc1. The number of fused-ring (bicyclic) bond motifs is 14. The molecular formula is C56H32N4O. The lowest BCUT2D eigenvalue weighted by Crippen LogP contribution is -1.96. The van der Waals surface area contributed by atoms with Crippen molar-refractivity contribution in [1.82, 2.24) is 18.9 Å². The first-order chi connectivity index (χ1) is 30.2. The number of benzene rings is 9. The molecule has 61 heavy (non-hydrogen) atoms. The third kappa shape index (κ3) is 4.55. The molecule has 5 aromatic heterocycles. The number of hydrogen-bond donors (Lipinski definition) is 0. The van der Waals surface area contributed by atoms with Crippen LogP contribution in [0.3, 0.4) is 0 Å². The number of hydrogen-bond acceptors (Lipinski definition) is 3. The zero-order valence-corrected chi connectivity index (χ0v) is 32.7. The van der Waals surface area contributed by atoms with Crippen molar-refractivity contribution in [2.75, 3.05) is 0 Å². The van der Waals surface area contributed by atoms with Gasteiger partial charge in [0.1, 0.15) is 16.8 Å². The molecule has 9 aromatic carbocycles. The number of rotatable bonds is 4. The number of furan rings is 1. The lowest BCUT2D eigenvalue weighted by atomic mass is 10.0. The molecule has 0 N–H and O–H groups in total. The first-order valence-corrected chi connectivity index (χ1v) is 20.7. The number of nitrogens with zero attached hydrogens (tertiary/aromatic N) is 4. The van der Waals surface area contributed by atoms with Crippen LogP contribution in [0.25, 0.3) is 132 Å². The average molecular weight is 777 g/mol. The number of aromatic nitrogens is 4. The lowest BCUT2D eigenvalue weighted by Gasteiger charge is -2.11. The topological polar surface area (TPSA) is 48.3 Å². The third-order valence-electron chi connectivity index (χ3n) is 12.8. The van der Waals surface area contributed by atoms with E-state index < -0.39 is 0 Å². The Hall–Kier alpha value is -8.28. The van der Waals surface area contributed by atoms with Crippen molar-refractivity contribution in [2.24, 2.45) is 0 Å². The summed E-state index contributed by atoms with van der Waals surface area (Å²) < 4.78 is 11.4. The van der Waals surface area contributed by atoms with Crippen LogP contribution in [-0.4, -0.2) is 18.9 Å². The van der Waals surface area contributed by atoms with Gasteiger partial charge in [0.05, 0.1) is 27.6 Å². The summed E-state index contributed by atoms with van der Waals surface area (Å²) in [4.78, 5) is 10.4. The molecule has 0 atom stereocenters. The van der Waals surface area contributed by atoms with Crippen LogP contribution in [0.2, 0.25) is 0 Å². The van der Waals surface area contributed by atoms with Crippen molar-refractivity contribution >= 4 is 92.7 Å². The summed E-state index contributed by atoms with van der Waals surface area (Å²) in [7, 11) is 0. The van der Waals surface area contributed by atoms with Gasteiger partial charge in [0.25, 0.3) is 0 Å². The molecule has 0 saturated heterocycles. The first-order valence-electron chi connectivity index (χ1n) is 20.7. The molecule has 5 heteroatoms. The van der Waals surface area contributed by atoms with Crippen molar-refractivity contribution in [3.8, 4) is 39.5 Å². The van der Waals surface area contributed by atoms with Crippen LogP contribution in [-0.2, 0) is 0 Å². The van der Waals surface area contributed by atoms with Crippen LogP contribution in [0, 0.1) is 0 Å². The van der Waals surface area contributed by atoms with Gasteiger partial charge in [0, 0.05) is 54.5 Å². The minimum Gasteiger partial charge on any atom is -0.452 e. The van der Waals surface area contributed by atoms with Crippen molar-refractivity contribution in [2.45, 2.75) is 0 Å². The predicted octanol–water partition coefficient (Wildman–Crippen LogP) is 14.8. The molecule has 0 radical (unpaired) electrons. The predicted molar refractivity (Wildman–Crippen MR) is 252 cm³/mol. The van der Waals surface area contributed by atoms with Crippen LogP contribution in [0.1, 0.15) is 0 Å². The smallest absolute Gasteiger partial charge is 0.180 e. The van der Waals surface area contributed by atoms with Crippen LogP contribution in [0.5, 0.6) is 0 Å². The van der Waals surface area contributed by atoms with E-state index in [-0.39, 0.29) is 0 Å². The van der Waals surface area contributed by atoms with E-state index in [2.05, 4.69) is 179 Å². The second-order valence-corrected chi connectivity index (χ2v) is 16.1. The zero-order valence-electron chi connectivity index (χ0n) is 32.7. The Morgan fingerprint density at radius 1 is 0.393 bits per heavy atom. The monoisotopic (exact) mass is 776 g/mol. The Kier molecular flexibility index (Phi) is 6.49. The Morgan fingerprint density at radius 3 is 1.84 bits per heavy atom. The Bertz CT molecular complexity index is 4080. The molecule has 0 aliphatic rings. The van der Waals surface area contributed by atoms with E-state index in [4.69, 9.17) is 14.4 Å². The van der Waals surface area contributed by atoms with E-state index in [1.165, 1.54) is 76.2 Å². The molecule has 0 fully saturated rings. The first kappa shape index (κ1) is 32.7. The molecule has 5 heterocycles. The molecule has 14 aromatic rings. The highest BCUT2D eigenvalue weighted by molar-refractivity contribution is 6.34. The summed E-state index contributed by atoms with van der Waals surface area (Å²) in [6.07, 6.45) is 0. The van der Waals surface area contributed by atoms with Crippen molar-refractivity contribution in [1.29, 1.82) is 0 Å². The Morgan fingerprint density at radius 2 is 1.02 bits per heavy atom. The second kappa shape index (κ2) is 12.1. The highest BCUT2D eigenvalue weighted by atomic mass is 16.3. The second-order valence-electron chi connectivity index (χ2n) is 16.1. The maximum Gasteiger partial charge on any atom is 0.180 e. The molecular weight excluding hydrogens is 745 g/mol. The van der Waals surface area contributed by atoms with Gasteiger partial charge >= 0.3 is 0 Å². The molecule has 0 unspecified atom stereocenters. The lowest BCUT2D eigenvalue weighted by molar-refractivity contribution is 0.667. The molecule has 0 bridgehead atoms. The molecule has 0 aliphatic heterocycles. The van der Waals surface area contributed by atoms with E-state index in [9.17, 15) is 0 Å². The summed E-state index contributed by atoms with van der Waals surface area (Å²) in [5.74, 6) is 0.654. The molecule has 5 nitrogen and oxygen atoms in total. The quantitative estimate of drug-likeness (QED) is 0.179. The summed E-state index contributed by atoms with van der Waals surface area (Å²) in [5.41, 5.74) is 14.5. The van der Waals surface area contributed by atoms with Gasteiger partial charge in [-0.2, -0.15) is 0 Å². The van der Waals surface area contributed by atoms with E-state index in [0.717, 1.165) is 44.6 Å². The molecule has 0 aliphatic carbocycles. The van der Waals surface area contributed by atoms with Crippen LogP contribution in [0.4, 0.5) is 0 Å². The fourth-order valence-corrected chi connectivity index (χ4v) is 10.1. The van der Waals surface area contributed by atoms with Gasteiger partial charge in [-0.15, -0.1) is 0 Å². The number of para-hydroxylation sites is 3. The van der Waals surface area contributed by atoms with Crippen molar-refractivity contribution in [3.05, 3.63) is 194 Å². The largest absolute Gasteiger partial charge is 0.452 e. The van der Waals surface area contributed by atoms with Gasteiger partial charge in [-0.3, -0.25) is 0 Å². The van der Waals surface area contributed by atoms with Crippen LogP contribution >= 0.6 is 0 Å². The maximum absolute atomic E-state index is 6.48. The van der Waals surface area contributed by atoms with Gasteiger partial charge in [-0.1, -0.05) is 127 Å². The van der Waals surface area contributed by atoms with E-state index in [1.54, 1.807) is 0 Å². The minimum absolute atomic E-state index is 0.654. The maximum atomic E-state index is 6.48. The van der Waals surface area contributed by atoms with Gasteiger partial charge in [-0.25, -0.2) is 9.97 Å². The Balaban J connectivity index is 0.986. The van der Waals surface area contributed by atoms with Gasteiger partial charge in [-0.05, 0) is 88.6 Å². The van der Waals surface area contributed by atoms with E-state index in [1.807, 2.05) is 24.3 Å². The molecule has 0 spiro atoms. The summed E-state index contributed by atoms with van der Waals surface area (Å²) in [5, 5.41) is 11.0. The molecule has 282 valence electrons. The highest BCUT2D eigenvalue weighted by Crippen LogP contribution is 2.47. The third-order valence-corrected chi connectivity index (χ3v) is 12.8. The van der Waals surface area contributed by atoms with E-state index in [0.29, 0.717) is 11.4 Å². The molecule has 0 amide bonds. The van der Waals surface area contributed by atoms with Gasteiger partial charge < -0.3 is 13.4 Å². The van der Waals surface area contributed by atoms with Crippen LogP contribution < -0.4 is 0 Å². The van der Waals surface area contributed by atoms with Crippen molar-refractivity contribution < 1.29 is 4.42 Å². The standard InChI is InChI=1S/C56H32N4O/c1-2-12-33(13-3-1)34-22-24-35(25-23-34)51-55-52(42-18-8-11-21-49(42)61-55)58-56(57-51)36-26-28-39(29-27-36)59-46-19-9-6-16-40(46)44-32-45-43-30-37-14-4-5-15-38(37)31-48(43)60-47-20-10-7-17-41(47)50(53(44)59)54(45)60/h1-32H. The summed E-state index contributed by atoms with van der Waals surface area (Å²) in [6, 6.07) is 69.5. The fourth-order valence-electron chi connectivity index (χ4n) is 10.1. The van der Waals surface area contributed by atoms with Gasteiger partial charge in [0.2, 0.25) is 0 Å². The van der Waals surface area contributed by atoms with Gasteiger partial charge in [0.15, 0.2) is 11.4 Å². The Labute approximate surface area is 348 Å². The zero-order chi connectivity index (χ0) is 39.8.